The average molecular weight is 454 g/mol. The van der Waals surface area contributed by atoms with Crippen molar-refractivity contribution in [3.63, 3.8) is 0 Å². The number of amides is 1. The Kier molecular flexibility index (Phi) is 6.00. The van der Waals surface area contributed by atoms with Crippen LogP contribution in [0, 0.1) is 11.3 Å². The van der Waals surface area contributed by atoms with Crippen molar-refractivity contribution in [3.8, 4) is 6.07 Å². The van der Waals surface area contributed by atoms with E-state index in [0.29, 0.717) is 29.7 Å². The van der Waals surface area contributed by atoms with E-state index >= 15 is 0 Å². The van der Waals surface area contributed by atoms with Crippen molar-refractivity contribution in [2.75, 3.05) is 24.2 Å². The lowest BCUT2D eigenvalue weighted by Crippen LogP contribution is -2.39. The molecule has 0 spiro atoms. The largest absolute Gasteiger partial charge is 0.444 e. The molecule has 0 atom stereocenters. The van der Waals surface area contributed by atoms with Crippen LogP contribution >= 0.6 is 11.3 Å². The summed E-state index contributed by atoms with van der Waals surface area (Å²) in [6.45, 7) is 6.02. The number of carbonyl (C=O) groups excluding carboxylic acids is 1. The molecule has 0 saturated heterocycles. The van der Waals surface area contributed by atoms with Crippen molar-refractivity contribution >= 4 is 34.2 Å². The lowest BCUT2D eigenvalue weighted by atomic mass is 10.0. The van der Waals surface area contributed by atoms with Crippen molar-refractivity contribution in [2.24, 2.45) is 0 Å². The quantitative estimate of drug-likeness (QED) is 0.703. The molecular formula is C19H21F3N6O2S. The van der Waals surface area contributed by atoms with E-state index in [1.54, 1.807) is 25.7 Å². The molecule has 1 amide bonds. The number of rotatable bonds is 3. The Bertz CT molecular complexity index is 1040. The molecule has 0 aromatic carbocycles. The molecule has 2 N–H and O–H groups in total. The minimum absolute atomic E-state index is 0.0727. The molecule has 31 heavy (non-hydrogen) atoms. The van der Waals surface area contributed by atoms with Crippen LogP contribution in [0.1, 0.15) is 42.3 Å². The number of fused-ring (bicyclic) bond motifs is 1. The predicted octanol–water partition coefficient (Wildman–Crippen LogP) is 4.51. The Balaban J connectivity index is 1.86. The third-order valence-corrected chi connectivity index (χ3v) is 5.51. The third-order valence-electron chi connectivity index (χ3n) is 4.38. The number of halogens is 3. The van der Waals surface area contributed by atoms with Crippen molar-refractivity contribution < 1.29 is 22.7 Å². The first kappa shape index (κ1) is 22.6. The maximum absolute atomic E-state index is 13.0. The number of alkyl halides is 3. The normalized spacial score (nSPS) is 13.9. The van der Waals surface area contributed by atoms with E-state index in [4.69, 9.17) is 4.74 Å². The number of nitrogens with zero attached hydrogens (tertiary/aromatic N) is 4. The van der Waals surface area contributed by atoms with Gasteiger partial charge in [-0.3, -0.25) is 0 Å². The van der Waals surface area contributed by atoms with Gasteiger partial charge in [0, 0.05) is 24.7 Å². The van der Waals surface area contributed by atoms with Crippen molar-refractivity contribution in [2.45, 2.75) is 45.5 Å². The molecule has 8 nitrogen and oxygen atoms in total. The highest BCUT2D eigenvalue weighted by molar-refractivity contribution is 7.16. The summed E-state index contributed by atoms with van der Waals surface area (Å²) in [7, 11) is 1.33. The second-order valence-corrected chi connectivity index (χ2v) is 8.91. The van der Waals surface area contributed by atoms with Crippen LogP contribution in [-0.2, 0) is 23.9 Å². The Morgan fingerprint density at radius 2 is 2.06 bits per heavy atom. The molecule has 0 radical (unpaired) electrons. The van der Waals surface area contributed by atoms with Gasteiger partial charge in [-0.05, 0) is 32.8 Å². The van der Waals surface area contributed by atoms with E-state index in [9.17, 15) is 23.2 Å². The fourth-order valence-corrected chi connectivity index (χ4v) is 4.24. The van der Waals surface area contributed by atoms with Gasteiger partial charge in [-0.25, -0.2) is 9.78 Å². The zero-order valence-corrected chi connectivity index (χ0v) is 18.2. The van der Waals surface area contributed by atoms with Crippen LogP contribution in [0.2, 0.25) is 0 Å². The van der Waals surface area contributed by atoms with Crippen LogP contribution < -0.4 is 10.6 Å². The van der Waals surface area contributed by atoms with Gasteiger partial charge in [-0.1, -0.05) is 0 Å². The molecule has 0 bridgehead atoms. The predicted molar refractivity (Wildman–Crippen MR) is 109 cm³/mol. The highest BCUT2D eigenvalue weighted by atomic mass is 32.1. The van der Waals surface area contributed by atoms with Crippen LogP contribution in [0.4, 0.5) is 34.7 Å². The summed E-state index contributed by atoms with van der Waals surface area (Å²) in [4.78, 5) is 22.4. The van der Waals surface area contributed by atoms with Crippen molar-refractivity contribution in [1.29, 1.82) is 5.26 Å². The first-order chi connectivity index (χ1) is 14.4. The Hall–Kier alpha value is -3.07. The zero-order chi connectivity index (χ0) is 23.0. The van der Waals surface area contributed by atoms with Crippen LogP contribution in [0.5, 0.6) is 0 Å². The van der Waals surface area contributed by atoms with Crippen LogP contribution in [0.25, 0.3) is 0 Å². The number of carbonyl (C=O) groups is 1. The maximum atomic E-state index is 13.0. The third kappa shape index (κ3) is 4.99. The van der Waals surface area contributed by atoms with E-state index in [1.165, 1.54) is 18.4 Å². The minimum atomic E-state index is -4.60. The number of hydrogen-bond acceptors (Lipinski definition) is 8. The van der Waals surface area contributed by atoms with E-state index in [-0.39, 0.29) is 18.3 Å². The summed E-state index contributed by atoms with van der Waals surface area (Å²) < 4.78 is 44.6. The van der Waals surface area contributed by atoms with Gasteiger partial charge in [0.2, 0.25) is 5.95 Å². The van der Waals surface area contributed by atoms with E-state index in [1.807, 2.05) is 0 Å². The van der Waals surface area contributed by atoms with Gasteiger partial charge in [0.1, 0.15) is 28.1 Å². The highest BCUT2D eigenvalue weighted by Crippen LogP contribution is 2.39. The summed E-state index contributed by atoms with van der Waals surface area (Å²) in [5.41, 5.74) is -0.434. The molecular weight excluding hydrogens is 433 g/mol. The molecule has 0 aliphatic carbocycles. The highest BCUT2D eigenvalue weighted by Gasteiger charge is 2.35. The second kappa shape index (κ2) is 8.22. The van der Waals surface area contributed by atoms with E-state index in [0.717, 1.165) is 10.4 Å². The zero-order valence-electron chi connectivity index (χ0n) is 17.3. The molecule has 1 aliphatic rings. The first-order valence-corrected chi connectivity index (χ1v) is 10.2. The SMILES string of the molecule is CNc1nc(Nc2sc3c(c2C#N)CCN(C(=O)OC(C)(C)C)C3)ncc1C(F)(F)F. The van der Waals surface area contributed by atoms with Gasteiger partial charge in [0.05, 0.1) is 12.1 Å². The van der Waals surface area contributed by atoms with Gasteiger partial charge in [-0.2, -0.15) is 23.4 Å². The average Bonchev–Trinajstić information content (AvgIpc) is 3.01. The molecule has 2 aromatic rings. The van der Waals surface area contributed by atoms with Gasteiger partial charge < -0.3 is 20.3 Å². The van der Waals surface area contributed by atoms with Gasteiger partial charge in [-0.15, -0.1) is 11.3 Å². The summed E-state index contributed by atoms with van der Waals surface area (Å²) in [5, 5.41) is 15.3. The summed E-state index contributed by atoms with van der Waals surface area (Å²) in [6.07, 6.45) is -3.89. The molecule has 0 fully saturated rings. The van der Waals surface area contributed by atoms with Gasteiger partial charge in [0.15, 0.2) is 0 Å². The summed E-state index contributed by atoms with van der Waals surface area (Å²) >= 11 is 1.24. The molecule has 3 rings (SSSR count). The summed E-state index contributed by atoms with van der Waals surface area (Å²) in [6, 6.07) is 2.13. The number of ether oxygens (including phenoxy) is 1. The number of thiophene rings is 1. The molecule has 0 saturated carbocycles. The molecule has 1 aliphatic heterocycles. The molecule has 3 heterocycles. The number of hydrogen-bond donors (Lipinski definition) is 2. The van der Waals surface area contributed by atoms with Crippen LogP contribution in [0.15, 0.2) is 6.20 Å². The van der Waals surface area contributed by atoms with Gasteiger partial charge in [0.25, 0.3) is 0 Å². The van der Waals surface area contributed by atoms with Crippen molar-refractivity contribution in [3.05, 3.63) is 27.8 Å². The smallest absolute Gasteiger partial charge is 0.421 e. The molecule has 166 valence electrons. The summed E-state index contributed by atoms with van der Waals surface area (Å²) in [5.74, 6) is -0.447. The van der Waals surface area contributed by atoms with E-state index in [2.05, 4.69) is 26.7 Å². The van der Waals surface area contributed by atoms with Crippen LogP contribution in [0.3, 0.4) is 0 Å². The first-order valence-electron chi connectivity index (χ1n) is 9.34. The topological polar surface area (TPSA) is 103 Å². The van der Waals surface area contributed by atoms with E-state index < -0.39 is 23.4 Å². The minimum Gasteiger partial charge on any atom is -0.444 e. The molecule has 0 unspecified atom stereocenters. The lowest BCUT2D eigenvalue weighted by Gasteiger charge is -2.29. The fraction of sp³-hybridized carbons (Fsp3) is 0.474. The Morgan fingerprint density at radius 1 is 1.35 bits per heavy atom. The number of anilines is 3. The standard InChI is InChI=1S/C19H21F3N6O2S/c1-18(2,3)30-17(29)28-6-5-10-11(7-23)15(31-13(10)9-28)27-16-25-8-12(19(20,21)22)14(24-4)26-16/h8H,5-6,9H2,1-4H3,(H2,24,25,26,27). The van der Waals surface area contributed by atoms with Gasteiger partial charge >= 0.3 is 12.3 Å². The maximum Gasteiger partial charge on any atom is 0.421 e. The molecule has 2 aromatic heterocycles. The van der Waals surface area contributed by atoms with Crippen LogP contribution in [-0.4, -0.2) is 40.2 Å². The number of nitrogens with one attached hydrogen (secondary N) is 2. The monoisotopic (exact) mass is 454 g/mol. The fourth-order valence-electron chi connectivity index (χ4n) is 3.03. The lowest BCUT2D eigenvalue weighted by molar-refractivity contribution is -0.137. The van der Waals surface area contributed by atoms with Crippen molar-refractivity contribution in [1.82, 2.24) is 14.9 Å². The Morgan fingerprint density at radius 3 is 2.65 bits per heavy atom. The second-order valence-electron chi connectivity index (χ2n) is 7.80. The number of nitriles is 1. The molecule has 12 heteroatoms. The number of aromatic nitrogens is 2. The Labute approximate surface area is 181 Å².